The molecule has 21 heavy (non-hydrogen) atoms. The minimum absolute atomic E-state index is 0.106. The summed E-state index contributed by atoms with van der Waals surface area (Å²) in [5.41, 5.74) is 1.87. The molecule has 0 fully saturated rings. The summed E-state index contributed by atoms with van der Waals surface area (Å²) in [6.45, 7) is 2.78. The van der Waals surface area contributed by atoms with Crippen molar-refractivity contribution in [2.24, 2.45) is 0 Å². The van der Waals surface area contributed by atoms with Gasteiger partial charge in [0, 0.05) is 5.02 Å². The molecule has 112 valence electrons. The number of rotatable bonds is 5. The fourth-order valence-electron chi connectivity index (χ4n) is 2.21. The number of hydrogen-bond acceptors (Lipinski definition) is 2. The molecule has 0 aliphatic rings. The first kappa shape index (κ1) is 16.3. The first-order chi connectivity index (χ1) is 10.1. The standard InChI is InChI=1S/C16H16BrClFNO/c1-3-20-16(12-6-5-11(19)9-14(12)18)10-4-7-15(21-2)13(17)8-10/h4-9,16,20H,3H2,1-2H3. The van der Waals surface area contributed by atoms with E-state index in [9.17, 15) is 4.39 Å². The lowest BCUT2D eigenvalue weighted by atomic mass is 9.98. The molecular weight excluding hydrogens is 357 g/mol. The molecule has 0 saturated carbocycles. The molecule has 1 N–H and O–H groups in total. The Labute approximate surface area is 137 Å². The first-order valence-corrected chi connectivity index (χ1v) is 7.75. The van der Waals surface area contributed by atoms with Gasteiger partial charge in [-0.15, -0.1) is 0 Å². The van der Waals surface area contributed by atoms with Gasteiger partial charge in [-0.2, -0.15) is 0 Å². The van der Waals surface area contributed by atoms with Crippen LogP contribution in [-0.4, -0.2) is 13.7 Å². The molecule has 2 rings (SSSR count). The van der Waals surface area contributed by atoms with Crippen LogP contribution in [0.2, 0.25) is 5.02 Å². The molecule has 1 atom stereocenters. The zero-order valence-electron chi connectivity index (χ0n) is 11.8. The van der Waals surface area contributed by atoms with Gasteiger partial charge in [0.25, 0.3) is 0 Å². The van der Waals surface area contributed by atoms with Crippen LogP contribution in [0.1, 0.15) is 24.1 Å². The second-order valence-electron chi connectivity index (χ2n) is 4.55. The Morgan fingerprint density at radius 3 is 2.62 bits per heavy atom. The lowest BCUT2D eigenvalue weighted by Crippen LogP contribution is -2.22. The van der Waals surface area contributed by atoms with Gasteiger partial charge in [-0.25, -0.2) is 4.39 Å². The van der Waals surface area contributed by atoms with Gasteiger partial charge in [0.05, 0.1) is 17.6 Å². The maximum absolute atomic E-state index is 13.2. The highest BCUT2D eigenvalue weighted by Gasteiger charge is 2.17. The van der Waals surface area contributed by atoms with Gasteiger partial charge in [-0.1, -0.05) is 30.7 Å². The van der Waals surface area contributed by atoms with E-state index in [0.29, 0.717) is 5.02 Å². The molecule has 0 spiro atoms. The van der Waals surface area contributed by atoms with Crippen molar-refractivity contribution in [3.63, 3.8) is 0 Å². The van der Waals surface area contributed by atoms with Gasteiger partial charge >= 0.3 is 0 Å². The number of methoxy groups -OCH3 is 1. The molecule has 1 unspecified atom stereocenters. The van der Waals surface area contributed by atoms with Crippen molar-refractivity contribution in [2.45, 2.75) is 13.0 Å². The molecule has 0 aliphatic heterocycles. The van der Waals surface area contributed by atoms with Crippen LogP contribution in [0.25, 0.3) is 0 Å². The number of hydrogen-bond donors (Lipinski definition) is 1. The Bertz CT molecular complexity index is 636. The van der Waals surface area contributed by atoms with Crippen LogP contribution in [-0.2, 0) is 0 Å². The van der Waals surface area contributed by atoms with Crippen molar-refractivity contribution in [2.75, 3.05) is 13.7 Å². The largest absolute Gasteiger partial charge is 0.496 e. The second-order valence-corrected chi connectivity index (χ2v) is 5.81. The van der Waals surface area contributed by atoms with E-state index in [1.165, 1.54) is 12.1 Å². The summed E-state index contributed by atoms with van der Waals surface area (Å²) in [6, 6.07) is 10.2. The minimum Gasteiger partial charge on any atom is -0.496 e. The predicted octanol–water partition coefficient (Wildman–Crippen LogP) is 4.95. The van der Waals surface area contributed by atoms with Crippen LogP contribution in [0, 0.1) is 5.82 Å². The minimum atomic E-state index is -0.338. The van der Waals surface area contributed by atoms with E-state index in [1.54, 1.807) is 13.2 Å². The van der Waals surface area contributed by atoms with Gasteiger partial charge in [0.1, 0.15) is 11.6 Å². The Kier molecular flexibility index (Phi) is 5.62. The molecule has 0 bridgehead atoms. The molecular formula is C16H16BrClFNO. The lowest BCUT2D eigenvalue weighted by molar-refractivity contribution is 0.412. The molecule has 0 aromatic heterocycles. The van der Waals surface area contributed by atoms with Gasteiger partial charge in [0.2, 0.25) is 0 Å². The monoisotopic (exact) mass is 371 g/mol. The van der Waals surface area contributed by atoms with E-state index in [-0.39, 0.29) is 11.9 Å². The number of halogens is 3. The fraction of sp³-hybridized carbons (Fsp3) is 0.250. The summed E-state index contributed by atoms with van der Waals surface area (Å²) >= 11 is 9.68. The third kappa shape index (κ3) is 3.76. The maximum Gasteiger partial charge on any atom is 0.133 e. The van der Waals surface area contributed by atoms with Crippen molar-refractivity contribution < 1.29 is 9.13 Å². The Morgan fingerprint density at radius 1 is 1.29 bits per heavy atom. The topological polar surface area (TPSA) is 21.3 Å². The van der Waals surface area contributed by atoms with E-state index in [0.717, 1.165) is 27.9 Å². The van der Waals surface area contributed by atoms with Crippen LogP contribution in [0.5, 0.6) is 5.75 Å². The zero-order valence-corrected chi connectivity index (χ0v) is 14.1. The summed E-state index contributed by atoms with van der Waals surface area (Å²) in [6.07, 6.45) is 0. The highest BCUT2D eigenvalue weighted by molar-refractivity contribution is 9.10. The third-order valence-corrected chi connectivity index (χ3v) is 4.14. The van der Waals surface area contributed by atoms with Gasteiger partial charge in [-0.05, 0) is 57.9 Å². The summed E-state index contributed by atoms with van der Waals surface area (Å²) in [5, 5.41) is 3.78. The van der Waals surface area contributed by atoms with Crippen molar-refractivity contribution in [3.8, 4) is 5.75 Å². The van der Waals surface area contributed by atoms with Crippen molar-refractivity contribution in [1.82, 2.24) is 5.32 Å². The first-order valence-electron chi connectivity index (χ1n) is 6.58. The van der Waals surface area contributed by atoms with Gasteiger partial charge in [0.15, 0.2) is 0 Å². The van der Waals surface area contributed by atoms with E-state index in [2.05, 4.69) is 21.2 Å². The van der Waals surface area contributed by atoms with Crippen molar-refractivity contribution in [3.05, 3.63) is 62.8 Å². The Hall–Kier alpha value is -1.10. The Balaban J connectivity index is 2.45. The van der Waals surface area contributed by atoms with Crippen molar-refractivity contribution >= 4 is 27.5 Å². The summed E-state index contributed by atoms with van der Waals surface area (Å²) < 4.78 is 19.3. The van der Waals surface area contributed by atoms with E-state index < -0.39 is 0 Å². The average molecular weight is 373 g/mol. The maximum atomic E-state index is 13.2. The predicted molar refractivity (Wildman–Crippen MR) is 87.6 cm³/mol. The molecule has 0 amide bonds. The molecule has 0 aliphatic carbocycles. The van der Waals surface area contributed by atoms with Crippen LogP contribution < -0.4 is 10.1 Å². The average Bonchev–Trinajstić information content (AvgIpc) is 2.45. The third-order valence-electron chi connectivity index (χ3n) is 3.19. The van der Waals surface area contributed by atoms with E-state index >= 15 is 0 Å². The number of benzene rings is 2. The molecule has 0 saturated heterocycles. The van der Waals surface area contributed by atoms with Crippen LogP contribution in [0.3, 0.4) is 0 Å². The number of ether oxygens (including phenoxy) is 1. The molecule has 5 heteroatoms. The Morgan fingerprint density at radius 2 is 2.05 bits per heavy atom. The summed E-state index contributed by atoms with van der Waals surface area (Å²) in [7, 11) is 1.62. The number of nitrogens with one attached hydrogen (secondary N) is 1. The normalized spacial score (nSPS) is 12.2. The zero-order chi connectivity index (χ0) is 15.4. The summed E-state index contributed by atoms with van der Waals surface area (Å²) in [4.78, 5) is 0. The van der Waals surface area contributed by atoms with Crippen LogP contribution >= 0.6 is 27.5 Å². The highest BCUT2D eigenvalue weighted by atomic mass is 79.9. The lowest BCUT2D eigenvalue weighted by Gasteiger charge is -2.21. The van der Waals surface area contributed by atoms with Crippen LogP contribution in [0.4, 0.5) is 4.39 Å². The van der Waals surface area contributed by atoms with Crippen molar-refractivity contribution in [1.29, 1.82) is 0 Å². The SMILES string of the molecule is CCNC(c1ccc(OC)c(Br)c1)c1ccc(F)cc1Cl. The summed E-state index contributed by atoms with van der Waals surface area (Å²) in [5.74, 6) is 0.425. The molecule has 0 radical (unpaired) electrons. The molecule has 2 aromatic carbocycles. The van der Waals surface area contributed by atoms with E-state index in [4.69, 9.17) is 16.3 Å². The van der Waals surface area contributed by atoms with Gasteiger partial charge in [-0.3, -0.25) is 0 Å². The molecule has 2 nitrogen and oxygen atoms in total. The van der Waals surface area contributed by atoms with E-state index in [1.807, 2.05) is 25.1 Å². The molecule has 0 heterocycles. The fourth-order valence-corrected chi connectivity index (χ4v) is 3.04. The second kappa shape index (κ2) is 7.25. The molecule has 2 aromatic rings. The highest BCUT2D eigenvalue weighted by Crippen LogP contribution is 2.33. The van der Waals surface area contributed by atoms with Gasteiger partial charge < -0.3 is 10.1 Å². The quantitative estimate of drug-likeness (QED) is 0.802. The van der Waals surface area contributed by atoms with Crippen LogP contribution in [0.15, 0.2) is 40.9 Å². The smallest absolute Gasteiger partial charge is 0.133 e.